The maximum absolute atomic E-state index is 12.6. The van der Waals surface area contributed by atoms with E-state index in [4.69, 9.17) is 0 Å². The third kappa shape index (κ3) is 4.43. The molecule has 0 radical (unpaired) electrons. The van der Waals surface area contributed by atoms with Crippen LogP contribution in [0.15, 0.2) is 23.2 Å². The van der Waals surface area contributed by atoms with Crippen LogP contribution in [-0.2, 0) is 10.0 Å². The van der Waals surface area contributed by atoms with Crippen LogP contribution in [0.2, 0.25) is 0 Å². The van der Waals surface area contributed by atoms with E-state index < -0.39 is 10.0 Å². The van der Waals surface area contributed by atoms with Crippen LogP contribution in [0.3, 0.4) is 0 Å². The number of nitrogens with one attached hydrogen (secondary N) is 1. The zero-order valence-electron chi connectivity index (χ0n) is 12.6. The van der Waals surface area contributed by atoms with Gasteiger partial charge in [0.25, 0.3) is 0 Å². The first-order valence-corrected chi connectivity index (χ1v) is 8.13. The molecular formula is C13H24N4O2S. The number of anilines is 1. The van der Waals surface area contributed by atoms with Crippen molar-refractivity contribution in [3.8, 4) is 0 Å². The van der Waals surface area contributed by atoms with Crippen molar-refractivity contribution in [3.63, 3.8) is 0 Å². The topological polar surface area (TPSA) is 65.5 Å². The number of aromatic nitrogens is 1. The summed E-state index contributed by atoms with van der Waals surface area (Å²) in [5.41, 5.74) is 0. The van der Waals surface area contributed by atoms with Gasteiger partial charge in [0, 0.05) is 32.9 Å². The van der Waals surface area contributed by atoms with Crippen LogP contribution in [0, 0.1) is 0 Å². The van der Waals surface area contributed by atoms with Crippen LogP contribution in [0.25, 0.3) is 0 Å². The van der Waals surface area contributed by atoms with Crippen LogP contribution in [0.5, 0.6) is 0 Å². The summed E-state index contributed by atoms with van der Waals surface area (Å²) in [5.74, 6) is 0.422. The van der Waals surface area contributed by atoms with Crippen molar-refractivity contribution in [2.75, 3.05) is 46.1 Å². The molecule has 0 unspecified atom stereocenters. The molecular weight excluding hydrogens is 276 g/mol. The van der Waals surface area contributed by atoms with Gasteiger partial charge in [-0.3, -0.25) is 0 Å². The summed E-state index contributed by atoms with van der Waals surface area (Å²) in [6.45, 7) is 3.83. The lowest BCUT2D eigenvalue weighted by atomic mass is 10.4. The van der Waals surface area contributed by atoms with E-state index in [-0.39, 0.29) is 4.90 Å². The molecule has 6 nitrogen and oxygen atoms in total. The van der Waals surface area contributed by atoms with E-state index in [1.54, 1.807) is 25.4 Å². The maximum Gasteiger partial charge on any atom is 0.246 e. The molecule has 20 heavy (non-hydrogen) atoms. The third-order valence-corrected chi connectivity index (χ3v) is 4.75. The Bertz CT molecular complexity index is 517. The molecule has 0 bridgehead atoms. The lowest BCUT2D eigenvalue weighted by Crippen LogP contribution is -2.34. The first-order chi connectivity index (χ1) is 9.39. The predicted octanol–water partition coefficient (Wildman–Crippen LogP) is 1.09. The lowest BCUT2D eigenvalue weighted by Gasteiger charge is -2.20. The summed E-state index contributed by atoms with van der Waals surface area (Å²) in [5, 5.41) is 3.06. The van der Waals surface area contributed by atoms with Gasteiger partial charge in [0.1, 0.15) is 10.7 Å². The average molecular weight is 300 g/mol. The maximum atomic E-state index is 12.6. The van der Waals surface area contributed by atoms with E-state index in [1.165, 1.54) is 4.31 Å². The standard InChI is InChI=1S/C13H24N4O2S/c1-5-8-14-13-12(7-6-9-15-13)20(18,19)17(4)11-10-16(2)3/h6-7,9H,5,8,10-11H2,1-4H3,(H,14,15). The largest absolute Gasteiger partial charge is 0.369 e. The molecule has 0 aliphatic carbocycles. The average Bonchev–Trinajstić information content (AvgIpc) is 2.42. The van der Waals surface area contributed by atoms with E-state index in [2.05, 4.69) is 10.3 Å². The summed E-state index contributed by atoms with van der Waals surface area (Å²) in [6, 6.07) is 3.23. The van der Waals surface area contributed by atoms with E-state index in [9.17, 15) is 8.42 Å². The number of rotatable bonds is 8. The molecule has 1 heterocycles. The Labute approximate surface area is 121 Å². The van der Waals surface area contributed by atoms with Crippen molar-refractivity contribution >= 4 is 15.8 Å². The number of nitrogens with zero attached hydrogens (tertiary/aromatic N) is 3. The Balaban J connectivity index is 2.96. The van der Waals surface area contributed by atoms with Gasteiger partial charge in [-0.1, -0.05) is 6.92 Å². The van der Waals surface area contributed by atoms with Gasteiger partial charge in [-0.2, -0.15) is 4.31 Å². The fourth-order valence-corrected chi connectivity index (χ4v) is 2.88. The van der Waals surface area contributed by atoms with Crippen molar-refractivity contribution in [3.05, 3.63) is 18.3 Å². The summed E-state index contributed by atoms with van der Waals surface area (Å²) in [7, 11) is 1.91. The first kappa shape index (κ1) is 16.9. The van der Waals surface area contributed by atoms with E-state index >= 15 is 0 Å². The molecule has 1 aromatic heterocycles. The van der Waals surface area contributed by atoms with Gasteiger partial charge in [-0.05, 0) is 32.6 Å². The van der Waals surface area contributed by atoms with Crippen molar-refractivity contribution in [2.24, 2.45) is 0 Å². The highest BCUT2D eigenvalue weighted by Crippen LogP contribution is 2.21. The Hall–Kier alpha value is -1.18. The zero-order chi connectivity index (χ0) is 15.2. The van der Waals surface area contributed by atoms with Crippen LogP contribution in [-0.4, -0.2) is 63.4 Å². The highest BCUT2D eigenvalue weighted by atomic mass is 32.2. The summed E-state index contributed by atoms with van der Waals surface area (Å²) < 4.78 is 26.5. The van der Waals surface area contributed by atoms with Gasteiger partial charge in [0.15, 0.2) is 0 Å². The molecule has 0 spiro atoms. The second-order valence-electron chi connectivity index (χ2n) is 4.91. The molecule has 0 aromatic carbocycles. The quantitative estimate of drug-likeness (QED) is 0.778. The highest BCUT2D eigenvalue weighted by Gasteiger charge is 2.24. The van der Waals surface area contributed by atoms with E-state index in [0.717, 1.165) is 6.42 Å². The van der Waals surface area contributed by atoms with Gasteiger partial charge in [-0.25, -0.2) is 13.4 Å². The minimum absolute atomic E-state index is 0.231. The van der Waals surface area contributed by atoms with Gasteiger partial charge < -0.3 is 10.2 Å². The second-order valence-corrected chi connectivity index (χ2v) is 6.92. The monoisotopic (exact) mass is 300 g/mol. The zero-order valence-corrected chi connectivity index (χ0v) is 13.4. The number of hydrogen-bond donors (Lipinski definition) is 1. The van der Waals surface area contributed by atoms with Crippen LogP contribution < -0.4 is 5.32 Å². The Morgan fingerprint density at radius 3 is 2.55 bits per heavy atom. The Kier molecular flexibility index (Phi) is 6.38. The van der Waals surface area contributed by atoms with Crippen LogP contribution in [0.4, 0.5) is 5.82 Å². The first-order valence-electron chi connectivity index (χ1n) is 6.69. The molecule has 114 valence electrons. The number of likely N-dealkylation sites (N-methyl/N-ethyl adjacent to an activating group) is 2. The SMILES string of the molecule is CCCNc1ncccc1S(=O)(=O)N(C)CCN(C)C. The summed E-state index contributed by atoms with van der Waals surface area (Å²) in [4.78, 5) is 6.31. The van der Waals surface area contributed by atoms with Crippen LogP contribution in [0.1, 0.15) is 13.3 Å². The summed E-state index contributed by atoms with van der Waals surface area (Å²) in [6.07, 6.45) is 2.50. The number of sulfonamides is 1. The summed E-state index contributed by atoms with van der Waals surface area (Å²) >= 11 is 0. The van der Waals surface area contributed by atoms with Crippen molar-refractivity contribution in [1.82, 2.24) is 14.2 Å². The van der Waals surface area contributed by atoms with Crippen molar-refractivity contribution < 1.29 is 8.42 Å². The minimum Gasteiger partial charge on any atom is -0.369 e. The molecule has 0 saturated heterocycles. The van der Waals surface area contributed by atoms with Gasteiger partial charge >= 0.3 is 0 Å². The minimum atomic E-state index is -3.51. The fourth-order valence-electron chi connectivity index (χ4n) is 1.60. The van der Waals surface area contributed by atoms with E-state index in [0.29, 0.717) is 25.5 Å². The molecule has 1 aromatic rings. The molecule has 0 saturated carbocycles. The molecule has 0 fully saturated rings. The van der Waals surface area contributed by atoms with Gasteiger partial charge in [0.2, 0.25) is 10.0 Å². The Morgan fingerprint density at radius 2 is 1.95 bits per heavy atom. The molecule has 0 amide bonds. The van der Waals surface area contributed by atoms with Crippen LogP contribution >= 0.6 is 0 Å². The van der Waals surface area contributed by atoms with E-state index in [1.807, 2.05) is 25.9 Å². The lowest BCUT2D eigenvalue weighted by molar-refractivity contribution is 0.358. The number of hydrogen-bond acceptors (Lipinski definition) is 5. The molecule has 0 aliphatic heterocycles. The van der Waals surface area contributed by atoms with Crippen molar-refractivity contribution in [1.29, 1.82) is 0 Å². The Morgan fingerprint density at radius 1 is 1.25 bits per heavy atom. The molecule has 1 N–H and O–H groups in total. The normalized spacial score (nSPS) is 12.1. The van der Waals surface area contributed by atoms with Crippen molar-refractivity contribution in [2.45, 2.75) is 18.2 Å². The molecule has 7 heteroatoms. The molecule has 0 aliphatic rings. The molecule has 1 rings (SSSR count). The predicted molar refractivity (Wildman–Crippen MR) is 81.4 cm³/mol. The van der Waals surface area contributed by atoms with Gasteiger partial charge in [0.05, 0.1) is 0 Å². The molecule has 0 atom stereocenters. The second kappa shape index (κ2) is 7.56. The highest BCUT2D eigenvalue weighted by molar-refractivity contribution is 7.89. The van der Waals surface area contributed by atoms with Gasteiger partial charge in [-0.15, -0.1) is 0 Å². The number of pyridine rings is 1. The third-order valence-electron chi connectivity index (χ3n) is 2.86. The smallest absolute Gasteiger partial charge is 0.246 e. The fraction of sp³-hybridized carbons (Fsp3) is 0.615.